The van der Waals surface area contributed by atoms with E-state index in [2.05, 4.69) is 61.2 Å². The van der Waals surface area contributed by atoms with Gasteiger partial charge in [-0.1, -0.05) is 127 Å². The molecule has 0 aliphatic heterocycles. The van der Waals surface area contributed by atoms with Gasteiger partial charge in [-0.25, -0.2) is 4.79 Å². The van der Waals surface area contributed by atoms with E-state index < -0.39 is 44.9 Å². The SMILES string of the molecule is C=C(C(=O)[C@@](C)(O)[C@H](CO[Si](C)(C)C(C)(C)C)OC(=O)c1ccccc1)[Si](c1ccccc1)(c1ccccc1)C(C)(C)C. The lowest BCUT2D eigenvalue weighted by molar-refractivity contribution is -0.146. The van der Waals surface area contributed by atoms with Crippen molar-refractivity contribution >= 4 is 38.5 Å². The van der Waals surface area contributed by atoms with Crippen molar-refractivity contribution in [1.82, 2.24) is 0 Å². The first-order chi connectivity index (χ1) is 19.9. The molecule has 0 heterocycles. The van der Waals surface area contributed by atoms with E-state index in [1.54, 1.807) is 24.3 Å². The summed E-state index contributed by atoms with van der Waals surface area (Å²) in [6, 6.07) is 28.6. The first-order valence-corrected chi connectivity index (χ1v) is 19.8. The van der Waals surface area contributed by atoms with Gasteiger partial charge in [0.2, 0.25) is 0 Å². The van der Waals surface area contributed by atoms with Crippen molar-refractivity contribution in [2.75, 3.05) is 6.61 Å². The Kier molecular flexibility index (Phi) is 10.3. The Morgan fingerprint density at radius 2 is 1.16 bits per heavy atom. The Balaban J connectivity index is 2.15. The molecule has 3 aromatic carbocycles. The molecule has 0 bridgehead atoms. The maximum atomic E-state index is 14.7. The summed E-state index contributed by atoms with van der Waals surface area (Å²) in [5, 5.41) is 14.0. The molecule has 7 heteroatoms. The topological polar surface area (TPSA) is 72.8 Å². The van der Waals surface area contributed by atoms with Gasteiger partial charge in [0.25, 0.3) is 0 Å². The number of rotatable bonds is 11. The van der Waals surface area contributed by atoms with Gasteiger partial charge in [0.1, 0.15) is 0 Å². The molecular formula is C36H48O5Si2. The van der Waals surface area contributed by atoms with Gasteiger partial charge in [0, 0.05) is 0 Å². The zero-order chi connectivity index (χ0) is 32.3. The van der Waals surface area contributed by atoms with Gasteiger partial charge < -0.3 is 14.3 Å². The molecule has 0 aromatic heterocycles. The highest BCUT2D eigenvalue weighted by atomic mass is 28.4. The van der Waals surface area contributed by atoms with E-state index in [1.165, 1.54) is 6.92 Å². The van der Waals surface area contributed by atoms with Crippen molar-refractivity contribution in [3.8, 4) is 0 Å². The smallest absolute Gasteiger partial charge is 0.338 e. The van der Waals surface area contributed by atoms with Gasteiger partial charge in [0.05, 0.1) is 12.2 Å². The molecule has 1 N–H and O–H groups in total. The van der Waals surface area contributed by atoms with E-state index in [0.29, 0.717) is 10.8 Å². The zero-order valence-corrected chi connectivity index (χ0v) is 29.2. The Morgan fingerprint density at radius 3 is 1.56 bits per heavy atom. The van der Waals surface area contributed by atoms with E-state index in [4.69, 9.17) is 9.16 Å². The summed E-state index contributed by atoms with van der Waals surface area (Å²) in [4.78, 5) is 28.0. The van der Waals surface area contributed by atoms with Crippen molar-refractivity contribution < 1.29 is 23.9 Å². The number of ether oxygens (including phenoxy) is 1. The third-order valence-corrected chi connectivity index (χ3v) is 19.3. The first-order valence-electron chi connectivity index (χ1n) is 14.8. The number of benzene rings is 3. The minimum Gasteiger partial charge on any atom is -0.453 e. The second kappa shape index (κ2) is 12.9. The molecule has 0 radical (unpaired) electrons. The highest BCUT2D eigenvalue weighted by Gasteiger charge is 2.56. The Hall–Kier alpha value is -3.11. The van der Waals surface area contributed by atoms with Gasteiger partial charge >= 0.3 is 5.97 Å². The van der Waals surface area contributed by atoms with Crippen LogP contribution in [0.1, 0.15) is 58.8 Å². The van der Waals surface area contributed by atoms with E-state index >= 15 is 0 Å². The van der Waals surface area contributed by atoms with Crippen LogP contribution in [-0.2, 0) is 14.0 Å². The molecule has 0 amide bonds. The molecule has 0 saturated carbocycles. The lowest BCUT2D eigenvalue weighted by Gasteiger charge is -2.46. The first kappa shape index (κ1) is 34.4. The Bertz CT molecular complexity index is 1360. The average molecular weight is 617 g/mol. The zero-order valence-electron chi connectivity index (χ0n) is 27.2. The summed E-state index contributed by atoms with van der Waals surface area (Å²) < 4.78 is 12.4. The normalized spacial score (nSPS) is 14.8. The fourth-order valence-electron chi connectivity index (χ4n) is 5.42. The fourth-order valence-corrected chi connectivity index (χ4v) is 12.1. The lowest BCUT2D eigenvalue weighted by Crippen LogP contribution is -2.69. The number of esters is 1. The van der Waals surface area contributed by atoms with Crippen molar-refractivity contribution in [1.29, 1.82) is 0 Å². The number of Topliss-reactive ketones (excluding diaryl/α,β-unsaturated/α-hetero) is 1. The highest BCUT2D eigenvalue weighted by Crippen LogP contribution is 2.42. The summed E-state index contributed by atoms with van der Waals surface area (Å²) in [5.74, 6) is -1.18. The summed E-state index contributed by atoms with van der Waals surface area (Å²) in [6.45, 7) is 22.6. The lowest BCUT2D eigenvalue weighted by atomic mass is 9.93. The second-order valence-corrected chi connectivity index (χ2v) is 23.6. The number of ketones is 1. The van der Waals surface area contributed by atoms with Crippen LogP contribution in [0.2, 0.25) is 23.2 Å². The molecule has 5 nitrogen and oxygen atoms in total. The van der Waals surface area contributed by atoms with Crippen LogP contribution in [0.5, 0.6) is 0 Å². The molecular weight excluding hydrogens is 569 g/mol. The van der Waals surface area contributed by atoms with Crippen LogP contribution in [0, 0.1) is 0 Å². The molecule has 0 unspecified atom stereocenters. The van der Waals surface area contributed by atoms with Gasteiger partial charge in [-0.15, -0.1) is 0 Å². The predicted molar refractivity (Wildman–Crippen MR) is 181 cm³/mol. The molecule has 43 heavy (non-hydrogen) atoms. The van der Waals surface area contributed by atoms with Gasteiger partial charge in [-0.3, -0.25) is 4.79 Å². The molecule has 0 fully saturated rings. The standard InChI is InChI=1S/C36H48O5Si2/c1-27(43(35(5,6)7,29-22-16-12-17-23-29)30-24-18-13-19-25-30)32(37)36(8,39)31(26-40-42(9,10)34(2,3)4)41-33(38)28-20-14-11-15-21-28/h11-25,31,39H,1,26H2,2-10H3/t31-,36-/m0/s1. The molecule has 230 valence electrons. The van der Waals surface area contributed by atoms with Crippen molar-refractivity contribution in [2.45, 2.75) is 83.3 Å². The van der Waals surface area contributed by atoms with Gasteiger partial charge in [-0.2, -0.15) is 0 Å². The molecule has 0 aliphatic carbocycles. The minimum atomic E-state index is -3.14. The summed E-state index contributed by atoms with van der Waals surface area (Å²) in [7, 11) is -5.48. The number of hydrogen-bond acceptors (Lipinski definition) is 5. The van der Waals surface area contributed by atoms with Crippen LogP contribution in [0.25, 0.3) is 0 Å². The summed E-state index contributed by atoms with van der Waals surface area (Å²) in [5.41, 5.74) is -1.79. The van der Waals surface area contributed by atoms with E-state index in [-0.39, 0.29) is 11.6 Å². The third-order valence-electron chi connectivity index (χ3n) is 9.01. The molecule has 0 saturated heterocycles. The largest absolute Gasteiger partial charge is 0.453 e. The predicted octanol–water partition coefficient (Wildman–Crippen LogP) is 6.71. The van der Waals surface area contributed by atoms with E-state index in [0.717, 1.165) is 10.4 Å². The van der Waals surface area contributed by atoms with Gasteiger partial charge in [0.15, 0.2) is 33.9 Å². The van der Waals surface area contributed by atoms with Crippen molar-refractivity contribution in [2.24, 2.45) is 0 Å². The van der Waals surface area contributed by atoms with Crippen LogP contribution in [0.4, 0.5) is 0 Å². The highest BCUT2D eigenvalue weighted by molar-refractivity contribution is 7.11. The van der Waals surface area contributed by atoms with Crippen LogP contribution in [0.15, 0.2) is 103 Å². The van der Waals surface area contributed by atoms with Gasteiger partial charge in [-0.05, 0) is 57.8 Å². The van der Waals surface area contributed by atoms with E-state index in [9.17, 15) is 14.7 Å². The summed E-state index contributed by atoms with van der Waals surface area (Å²) >= 11 is 0. The molecule has 0 spiro atoms. The van der Waals surface area contributed by atoms with Crippen LogP contribution in [0.3, 0.4) is 0 Å². The van der Waals surface area contributed by atoms with Crippen LogP contribution in [-0.4, -0.2) is 51.6 Å². The van der Waals surface area contributed by atoms with Crippen molar-refractivity contribution in [3.63, 3.8) is 0 Å². The van der Waals surface area contributed by atoms with Crippen LogP contribution >= 0.6 is 0 Å². The monoisotopic (exact) mass is 616 g/mol. The molecule has 3 aromatic rings. The Morgan fingerprint density at radius 1 is 0.744 bits per heavy atom. The quantitative estimate of drug-likeness (QED) is 0.147. The van der Waals surface area contributed by atoms with Crippen LogP contribution < -0.4 is 10.4 Å². The van der Waals surface area contributed by atoms with Crippen molar-refractivity contribution in [3.05, 3.63) is 108 Å². The second-order valence-electron chi connectivity index (χ2n) is 14.0. The fraction of sp³-hybridized carbons (Fsp3) is 0.389. The average Bonchev–Trinajstić information content (AvgIpc) is 2.95. The molecule has 3 rings (SSSR count). The third kappa shape index (κ3) is 7.01. The molecule has 2 atom stereocenters. The molecule has 0 aliphatic rings. The number of carbonyl (C=O) groups is 2. The maximum Gasteiger partial charge on any atom is 0.338 e. The number of hydrogen-bond donors (Lipinski definition) is 1. The maximum absolute atomic E-state index is 14.7. The number of carbonyl (C=O) groups excluding carboxylic acids is 2. The Labute approximate surface area is 260 Å². The minimum absolute atomic E-state index is 0.123. The van der Waals surface area contributed by atoms with E-state index in [1.807, 2.05) is 66.7 Å². The summed E-state index contributed by atoms with van der Waals surface area (Å²) in [6.07, 6.45) is -1.27. The number of aliphatic hydroxyl groups is 1.